The van der Waals surface area contributed by atoms with E-state index in [1.165, 1.54) is 70.9 Å². The Labute approximate surface area is 497 Å². The van der Waals surface area contributed by atoms with Crippen molar-refractivity contribution in [1.82, 2.24) is 0 Å². The summed E-state index contributed by atoms with van der Waals surface area (Å²) in [6.45, 7) is 6.33. The molecular formula is C61H68F6O20. The minimum Gasteiger partial charge on any atom is -0.497 e. The lowest BCUT2D eigenvalue weighted by Crippen LogP contribution is -2.38. The average Bonchev–Trinajstić information content (AvgIpc) is 2.63. The van der Waals surface area contributed by atoms with Gasteiger partial charge in [0.1, 0.15) is 58.5 Å². The molecule has 0 radical (unpaired) electrons. The zero-order chi connectivity index (χ0) is 63.9. The number of carboxylic acids is 1. The minimum absolute atomic E-state index is 0.0697. The highest BCUT2D eigenvalue weighted by Gasteiger charge is 2.48. The molecule has 2 saturated heterocycles. The maximum Gasteiger partial charge on any atom is 0.425 e. The Balaban J connectivity index is 0.000000309. The lowest BCUT2D eigenvalue weighted by Gasteiger charge is -2.25. The van der Waals surface area contributed by atoms with E-state index in [4.69, 9.17) is 70.7 Å². The molecule has 4 aromatic carbocycles. The van der Waals surface area contributed by atoms with Gasteiger partial charge in [-0.3, -0.25) is 0 Å². The van der Waals surface area contributed by atoms with Gasteiger partial charge in [0, 0.05) is 48.3 Å². The standard InChI is InChI=1S/C31H33F3O9.C30H35FO11.F2/c1-30(2)42-23-14-8-12-20-16-21(38-4)17-24(39-18-37-3)26(20)29(36)41-25(31(32,33)34)15-9-13-22(27(23)43-30)40-28(35)19-10-6-5-7-11-19;1-30(2)40-23(14-8-12-20-16-21(37-4)17-24(38-18-36-3)26(20)28(33)34)27(41-30)22(13-9-15-25(32)42-31)39-29(35)19-10-6-5-7-11-19;1-2/h5-13,16-17,22-23,25,27H,14-15,18H2,1-4H3;5-13,16-17,22-23,25,27,32H,14-15,18H2,1-4H3,(H,33,34);/b2*12-8+,13-9-;/t22?,23-,25+,27+;22?,23-,25?,27+;/m00./s1. The monoisotopic (exact) mass is 1230 g/mol. The number of aromatic carboxylic acids is 1. The first-order valence-electron chi connectivity index (χ1n) is 26.7. The molecule has 0 aromatic heterocycles. The summed E-state index contributed by atoms with van der Waals surface area (Å²) < 4.78 is 143. The fourth-order valence-electron chi connectivity index (χ4n) is 9.05. The van der Waals surface area contributed by atoms with Crippen molar-refractivity contribution >= 4 is 36.0 Å². The van der Waals surface area contributed by atoms with Crippen molar-refractivity contribution in [1.29, 1.82) is 0 Å². The third kappa shape index (κ3) is 20.7. The van der Waals surface area contributed by atoms with Gasteiger partial charge in [-0.25, -0.2) is 19.2 Å². The summed E-state index contributed by atoms with van der Waals surface area (Å²) in [4.78, 5) is 54.7. The molecule has 0 aliphatic carbocycles. The maximum absolute atomic E-state index is 14.1. The number of carbonyl (C=O) groups excluding carboxylic acids is 3. The van der Waals surface area contributed by atoms with Crippen LogP contribution in [0.1, 0.15) is 106 Å². The van der Waals surface area contributed by atoms with Crippen LogP contribution in [0.25, 0.3) is 12.2 Å². The van der Waals surface area contributed by atoms with E-state index in [0.717, 1.165) is 6.08 Å². The number of ether oxygens (including phenoxy) is 13. The van der Waals surface area contributed by atoms with E-state index in [9.17, 15) is 47.1 Å². The number of cyclic esters (lactones) is 1. The smallest absolute Gasteiger partial charge is 0.425 e. The van der Waals surface area contributed by atoms with Crippen molar-refractivity contribution in [3.8, 4) is 23.0 Å². The van der Waals surface area contributed by atoms with Crippen molar-refractivity contribution in [2.45, 2.75) is 120 Å². The van der Waals surface area contributed by atoms with E-state index in [1.54, 1.807) is 113 Å². The lowest BCUT2D eigenvalue weighted by atomic mass is 10.0. The van der Waals surface area contributed by atoms with Crippen molar-refractivity contribution in [2.24, 2.45) is 0 Å². The first-order chi connectivity index (χ1) is 41.5. The van der Waals surface area contributed by atoms with Gasteiger partial charge in [0.2, 0.25) is 6.10 Å². The molecule has 0 bridgehead atoms. The molecule has 7 rings (SSSR count). The number of aliphatic hydroxyl groups is 1. The number of methoxy groups -OCH3 is 4. The van der Waals surface area contributed by atoms with E-state index in [-0.39, 0.29) is 72.4 Å². The van der Waals surface area contributed by atoms with Crippen LogP contribution in [0.15, 0.2) is 121 Å². The lowest BCUT2D eigenvalue weighted by molar-refractivity contribution is -0.253. The molecule has 0 spiro atoms. The molecule has 3 unspecified atom stereocenters. The molecule has 26 heteroatoms. The van der Waals surface area contributed by atoms with E-state index < -0.39 is 97.1 Å². The second-order valence-corrected chi connectivity index (χ2v) is 19.9. The second kappa shape index (κ2) is 33.3. The number of benzene rings is 4. The number of hydrogen-bond donors (Lipinski definition) is 2. The zero-order valence-electron chi connectivity index (χ0n) is 48.6. The molecule has 8 atom stereocenters. The number of alkyl halides is 3. The number of rotatable bonds is 21. The van der Waals surface area contributed by atoms with Crippen LogP contribution in [0.5, 0.6) is 23.0 Å². The van der Waals surface area contributed by atoms with Crippen LogP contribution in [-0.2, 0) is 47.6 Å². The summed E-state index contributed by atoms with van der Waals surface area (Å²) in [5, 5.41) is 19.3. The van der Waals surface area contributed by atoms with Crippen LogP contribution in [0, 0.1) is 0 Å². The van der Waals surface area contributed by atoms with Gasteiger partial charge in [0.15, 0.2) is 31.5 Å². The fraction of sp³-hybridized carbons (Fsp3) is 0.410. The summed E-state index contributed by atoms with van der Waals surface area (Å²) in [6, 6.07) is 22.3. The predicted octanol–water partition coefficient (Wildman–Crippen LogP) is 11.4. The van der Waals surface area contributed by atoms with Crippen LogP contribution >= 0.6 is 0 Å². The summed E-state index contributed by atoms with van der Waals surface area (Å²) in [7, 11) is 5.62. The minimum atomic E-state index is -4.92. The SMILES string of the molecule is COCOc1cc(OC)cc(/C=C/C[C@@H]2OC(C)(C)O[C@@H]2C(/C=C\CC(O)OF)OC(=O)c2ccccc2)c1C(=O)O.COCOc1cc(OC)cc2c1C(=O)O[C@@H](C(F)(F)F)C/C=C\C(OC(=O)c1ccccc1)[C@H]1OC(C)(C)O[C@H]1C/C=C/2.FF. The highest BCUT2D eigenvalue weighted by molar-refractivity contribution is 5.97. The number of hydrogen-bond acceptors (Lipinski definition) is 19. The molecule has 474 valence electrons. The van der Waals surface area contributed by atoms with Gasteiger partial charge < -0.3 is 71.8 Å². The van der Waals surface area contributed by atoms with Gasteiger partial charge in [-0.15, -0.1) is 0 Å². The largest absolute Gasteiger partial charge is 0.497 e. The highest BCUT2D eigenvalue weighted by atomic mass is 20.0. The van der Waals surface area contributed by atoms with Crippen molar-refractivity contribution in [2.75, 3.05) is 42.0 Å². The molecule has 0 saturated carbocycles. The Morgan fingerprint density at radius 2 is 1.36 bits per heavy atom. The van der Waals surface area contributed by atoms with Gasteiger partial charge in [-0.2, -0.15) is 18.1 Å². The molecule has 3 heterocycles. The molecule has 4 aromatic rings. The van der Waals surface area contributed by atoms with Crippen LogP contribution < -0.4 is 18.9 Å². The Morgan fingerprint density at radius 3 is 1.95 bits per heavy atom. The third-order valence-electron chi connectivity index (χ3n) is 12.8. The van der Waals surface area contributed by atoms with Crippen molar-refractivity contribution in [3.05, 3.63) is 155 Å². The quantitative estimate of drug-likeness (QED) is 0.0259. The van der Waals surface area contributed by atoms with Crippen LogP contribution in [-0.4, -0.2) is 143 Å². The van der Waals surface area contributed by atoms with Crippen LogP contribution in [0.3, 0.4) is 0 Å². The van der Waals surface area contributed by atoms with Gasteiger partial charge in [-0.1, -0.05) is 72.9 Å². The van der Waals surface area contributed by atoms with Gasteiger partial charge in [0.05, 0.1) is 37.6 Å². The number of aliphatic hydroxyl groups excluding tert-OH is 1. The molecule has 87 heavy (non-hydrogen) atoms. The number of carbonyl (C=O) groups is 4. The Hall–Kier alpha value is -7.82. The Morgan fingerprint density at radius 1 is 0.759 bits per heavy atom. The van der Waals surface area contributed by atoms with E-state index >= 15 is 0 Å². The fourth-order valence-corrected chi connectivity index (χ4v) is 9.05. The number of esters is 3. The third-order valence-corrected chi connectivity index (χ3v) is 12.8. The zero-order valence-corrected chi connectivity index (χ0v) is 48.6. The van der Waals surface area contributed by atoms with E-state index in [1.807, 2.05) is 0 Å². The highest BCUT2D eigenvalue weighted by Crippen LogP contribution is 2.39. The summed E-state index contributed by atoms with van der Waals surface area (Å²) in [6.07, 6.45) is -2.95. The normalized spacial score (nSPS) is 22.0. The van der Waals surface area contributed by atoms with E-state index in [0.29, 0.717) is 16.9 Å². The predicted molar refractivity (Wildman–Crippen MR) is 297 cm³/mol. The number of halogens is 6. The number of fused-ring (bicyclic) bond motifs is 2. The van der Waals surface area contributed by atoms with Crippen LogP contribution in [0.2, 0.25) is 0 Å². The first kappa shape index (κ1) is 69.9. The maximum atomic E-state index is 14.1. The summed E-state index contributed by atoms with van der Waals surface area (Å²) in [5.41, 5.74) is 0.739. The molecule has 20 nitrogen and oxygen atoms in total. The van der Waals surface area contributed by atoms with Gasteiger partial charge in [-0.05, 0) is 105 Å². The van der Waals surface area contributed by atoms with Gasteiger partial charge >= 0.3 is 30.1 Å². The molecule has 2 N–H and O–H groups in total. The Bertz CT molecular complexity index is 2990. The van der Waals surface area contributed by atoms with Crippen molar-refractivity contribution in [3.63, 3.8) is 0 Å². The molecular weight excluding hydrogens is 1170 g/mol. The average molecular weight is 1240 g/mol. The first-order valence-corrected chi connectivity index (χ1v) is 26.7. The molecule has 2 fully saturated rings. The van der Waals surface area contributed by atoms with Crippen LogP contribution in [0.4, 0.5) is 26.8 Å². The number of carboxylic acid groups (broad SMARTS) is 1. The topological polar surface area (TPSA) is 238 Å². The molecule has 3 aliphatic rings. The Kier molecular flexibility index (Phi) is 26.8. The molecule has 0 amide bonds. The summed E-state index contributed by atoms with van der Waals surface area (Å²) >= 11 is 0. The molecule has 3 aliphatic heterocycles. The van der Waals surface area contributed by atoms with E-state index in [2.05, 4.69) is 4.94 Å². The second-order valence-electron chi connectivity index (χ2n) is 19.9. The van der Waals surface area contributed by atoms with Gasteiger partial charge in [0.25, 0.3) is 0 Å². The van der Waals surface area contributed by atoms with Crippen molar-refractivity contribution < 1.29 is 123 Å². The summed E-state index contributed by atoms with van der Waals surface area (Å²) in [5.74, 6) is -5.27.